The first-order valence-electron chi connectivity index (χ1n) is 9.44. The molecule has 7 heteroatoms. The van der Waals surface area contributed by atoms with Crippen LogP contribution in [-0.4, -0.2) is 27.7 Å². The molecule has 0 aromatic heterocycles. The van der Waals surface area contributed by atoms with Crippen LogP contribution in [0.1, 0.15) is 17.2 Å². The van der Waals surface area contributed by atoms with Gasteiger partial charge in [0.25, 0.3) is 0 Å². The molecule has 1 atom stereocenters. The predicted molar refractivity (Wildman–Crippen MR) is 116 cm³/mol. The van der Waals surface area contributed by atoms with E-state index in [4.69, 9.17) is 0 Å². The van der Waals surface area contributed by atoms with Gasteiger partial charge in [0.05, 0.1) is 27.3 Å². The zero-order valence-electron chi connectivity index (χ0n) is 16.3. The molecule has 30 heavy (non-hydrogen) atoms. The van der Waals surface area contributed by atoms with E-state index in [1.165, 1.54) is 16.4 Å². The average Bonchev–Trinajstić information content (AvgIpc) is 3.23. The molecule has 1 heterocycles. The van der Waals surface area contributed by atoms with Crippen LogP contribution < -0.4 is 0 Å². The summed E-state index contributed by atoms with van der Waals surface area (Å²) in [4.78, 5) is 0.372. The van der Waals surface area contributed by atoms with Gasteiger partial charge in [-0.2, -0.15) is 4.31 Å². The van der Waals surface area contributed by atoms with Crippen LogP contribution in [0.2, 0.25) is 0 Å². The van der Waals surface area contributed by atoms with Crippen LogP contribution in [0.5, 0.6) is 0 Å². The molecule has 0 spiro atoms. The number of sulfonamides is 1. The zero-order valence-corrected chi connectivity index (χ0v) is 18.0. The van der Waals surface area contributed by atoms with E-state index in [9.17, 15) is 16.8 Å². The fourth-order valence-electron chi connectivity index (χ4n) is 3.48. The summed E-state index contributed by atoms with van der Waals surface area (Å²) in [5, 5.41) is 0. The van der Waals surface area contributed by atoms with Crippen molar-refractivity contribution in [3.05, 3.63) is 107 Å². The molecule has 1 aliphatic rings. The molecule has 0 unspecified atom stereocenters. The molecule has 0 fully saturated rings. The second-order valence-electron chi connectivity index (χ2n) is 7.17. The Morgan fingerprint density at radius 3 is 1.90 bits per heavy atom. The van der Waals surface area contributed by atoms with E-state index < -0.39 is 25.9 Å². The van der Waals surface area contributed by atoms with Crippen molar-refractivity contribution < 1.29 is 16.8 Å². The molecule has 3 aromatic rings. The highest BCUT2D eigenvalue weighted by Crippen LogP contribution is 2.38. The number of hydrogen-bond donors (Lipinski definition) is 0. The molecule has 0 saturated heterocycles. The largest absolute Gasteiger partial charge is 0.244 e. The van der Waals surface area contributed by atoms with Gasteiger partial charge in [-0.1, -0.05) is 66.2 Å². The quantitative estimate of drug-likeness (QED) is 0.600. The predicted octanol–water partition coefficient (Wildman–Crippen LogP) is 4.10. The van der Waals surface area contributed by atoms with E-state index in [1.54, 1.807) is 60.7 Å². The van der Waals surface area contributed by atoms with E-state index in [1.807, 2.05) is 25.1 Å². The van der Waals surface area contributed by atoms with E-state index in [-0.39, 0.29) is 21.2 Å². The molecule has 4 rings (SSSR count). The van der Waals surface area contributed by atoms with E-state index >= 15 is 0 Å². The van der Waals surface area contributed by atoms with Gasteiger partial charge in [0.15, 0.2) is 0 Å². The normalized spacial score (nSPS) is 17.6. The second kappa shape index (κ2) is 7.83. The van der Waals surface area contributed by atoms with Crippen molar-refractivity contribution in [1.29, 1.82) is 0 Å². The molecule has 0 N–H and O–H groups in total. The van der Waals surface area contributed by atoms with Gasteiger partial charge in [0.1, 0.15) is 0 Å². The van der Waals surface area contributed by atoms with Crippen LogP contribution >= 0.6 is 0 Å². The van der Waals surface area contributed by atoms with Crippen molar-refractivity contribution in [1.82, 2.24) is 4.31 Å². The average molecular weight is 440 g/mol. The summed E-state index contributed by atoms with van der Waals surface area (Å²) < 4.78 is 54.5. The molecule has 154 valence electrons. The van der Waals surface area contributed by atoms with E-state index in [2.05, 4.69) is 0 Å². The Morgan fingerprint density at radius 2 is 1.30 bits per heavy atom. The molecule has 0 saturated carbocycles. The Balaban J connectivity index is 1.81. The Bertz CT molecular complexity index is 1280. The summed E-state index contributed by atoms with van der Waals surface area (Å²) in [5.41, 5.74) is 1.66. The molecule has 0 amide bonds. The first kappa shape index (κ1) is 20.5. The third-order valence-electron chi connectivity index (χ3n) is 5.13. The van der Waals surface area contributed by atoms with Gasteiger partial charge in [-0.15, -0.1) is 0 Å². The second-order valence-corrected chi connectivity index (χ2v) is 11.1. The van der Waals surface area contributed by atoms with Crippen LogP contribution in [0.25, 0.3) is 0 Å². The van der Waals surface area contributed by atoms with Crippen molar-refractivity contribution in [2.24, 2.45) is 0 Å². The summed E-state index contributed by atoms with van der Waals surface area (Å²) in [7, 11) is -7.72. The lowest BCUT2D eigenvalue weighted by Gasteiger charge is -2.24. The van der Waals surface area contributed by atoms with Gasteiger partial charge < -0.3 is 0 Å². The van der Waals surface area contributed by atoms with Crippen molar-refractivity contribution in [2.45, 2.75) is 22.8 Å². The van der Waals surface area contributed by atoms with Gasteiger partial charge >= 0.3 is 0 Å². The first-order valence-corrected chi connectivity index (χ1v) is 12.4. The monoisotopic (exact) mass is 439 g/mol. The number of nitrogens with zero attached hydrogens (tertiary/aromatic N) is 1. The highest BCUT2D eigenvalue weighted by molar-refractivity contribution is 7.95. The van der Waals surface area contributed by atoms with Crippen LogP contribution in [0.3, 0.4) is 0 Å². The van der Waals surface area contributed by atoms with Crippen molar-refractivity contribution >= 4 is 19.9 Å². The van der Waals surface area contributed by atoms with Crippen LogP contribution in [0.4, 0.5) is 0 Å². The maximum absolute atomic E-state index is 13.4. The summed E-state index contributed by atoms with van der Waals surface area (Å²) in [6.07, 6.45) is 1.55. The Kier molecular flexibility index (Phi) is 5.36. The minimum atomic E-state index is -3.91. The van der Waals surface area contributed by atoms with Gasteiger partial charge in [0.2, 0.25) is 19.9 Å². The molecule has 1 aliphatic heterocycles. The third-order valence-corrected chi connectivity index (χ3v) is 8.82. The van der Waals surface area contributed by atoms with Gasteiger partial charge in [-0.3, -0.25) is 0 Å². The maximum atomic E-state index is 13.4. The Morgan fingerprint density at radius 1 is 0.733 bits per heavy atom. The topological polar surface area (TPSA) is 71.5 Å². The van der Waals surface area contributed by atoms with Crippen molar-refractivity contribution in [2.75, 3.05) is 6.54 Å². The van der Waals surface area contributed by atoms with Crippen LogP contribution in [0.15, 0.2) is 106 Å². The molecule has 0 bridgehead atoms. The molecule has 3 aromatic carbocycles. The lowest BCUT2D eigenvalue weighted by atomic mass is 10.1. The van der Waals surface area contributed by atoms with Gasteiger partial charge in [-0.05, 0) is 42.8 Å². The summed E-state index contributed by atoms with van der Waals surface area (Å²) >= 11 is 0. The first-order chi connectivity index (χ1) is 14.3. The van der Waals surface area contributed by atoms with Crippen LogP contribution in [-0.2, 0) is 19.9 Å². The summed E-state index contributed by atoms with van der Waals surface area (Å²) in [5.74, 6) is 0. The third kappa shape index (κ3) is 3.71. The molecule has 0 aliphatic carbocycles. The standard InChI is InChI=1S/C23H21NO4S2/c1-18-12-14-21(15-13-18)30(27,28)24-17-22(16-23(24)19-8-4-2-5-9-19)29(25,26)20-10-6-3-7-11-20/h2-16,23H,17H2,1H3/t23-/m1/s1. The Labute approximate surface area is 177 Å². The fourth-order valence-corrected chi connectivity index (χ4v) is 6.54. The summed E-state index contributed by atoms with van der Waals surface area (Å²) in [6, 6.07) is 23.0. The lowest BCUT2D eigenvalue weighted by molar-refractivity contribution is 0.417. The number of hydrogen-bond acceptors (Lipinski definition) is 4. The fraction of sp³-hybridized carbons (Fsp3) is 0.130. The smallest absolute Gasteiger partial charge is 0.219 e. The molecular formula is C23H21NO4S2. The van der Waals surface area contributed by atoms with Crippen molar-refractivity contribution in [3.8, 4) is 0 Å². The lowest BCUT2D eigenvalue weighted by Crippen LogP contribution is -2.32. The maximum Gasteiger partial charge on any atom is 0.244 e. The highest BCUT2D eigenvalue weighted by Gasteiger charge is 2.40. The molecule has 0 radical (unpaired) electrons. The number of aryl methyl sites for hydroxylation is 1. The highest BCUT2D eigenvalue weighted by atomic mass is 32.2. The van der Waals surface area contributed by atoms with E-state index in [0.717, 1.165) is 5.56 Å². The van der Waals surface area contributed by atoms with Crippen LogP contribution in [0, 0.1) is 6.92 Å². The minimum absolute atomic E-state index is 0.0817. The summed E-state index contributed by atoms with van der Waals surface area (Å²) in [6.45, 7) is 1.66. The Hall–Kier alpha value is -2.74. The van der Waals surface area contributed by atoms with Gasteiger partial charge in [-0.25, -0.2) is 16.8 Å². The zero-order chi connectivity index (χ0) is 21.4. The number of rotatable bonds is 5. The molecule has 5 nitrogen and oxygen atoms in total. The number of sulfone groups is 1. The SMILES string of the molecule is Cc1ccc(S(=O)(=O)N2CC(S(=O)(=O)c3ccccc3)=C[C@@H]2c2ccccc2)cc1. The number of benzene rings is 3. The molecular weight excluding hydrogens is 418 g/mol. The van der Waals surface area contributed by atoms with Gasteiger partial charge in [0, 0.05) is 0 Å². The van der Waals surface area contributed by atoms with E-state index in [0.29, 0.717) is 5.56 Å². The minimum Gasteiger partial charge on any atom is -0.219 e. The van der Waals surface area contributed by atoms with Crippen molar-refractivity contribution in [3.63, 3.8) is 0 Å².